The van der Waals surface area contributed by atoms with E-state index >= 15 is 0 Å². The van der Waals surface area contributed by atoms with Crippen LogP contribution in [0.15, 0.2) is 4.99 Å². The minimum atomic E-state index is 0. The van der Waals surface area contributed by atoms with Crippen LogP contribution in [0.2, 0.25) is 0 Å². The predicted molar refractivity (Wildman–Crippen MR) is 111 cm³/mol. The second-order valence-electron chi connectivity index (χ2n) is 6.89. The van der Waals surface area contributed by atoms with Crippen molar-refractivity contribution in [1.82, 2.24) is 10.6 Å². The van der Waals surface area contributed by atoms with Crippen molar-refractivity contribution in [2.45, 2.75) is 65.7 Å². The standard InChI is InChI=1S/C18H37N3O.HI/c1-4-6-16(11-12-22)13-20-18(19-5-2)21-14-17-9-7-15(3)8-10-17;/h15-17,22H,4-14H2,1-3H3,(H2,19,20,21);1H. The molecular weight excluding hydrogens is 401 g/mol. The van der Waals surface area contributed by atoms with Gasteiger partial charge in [-0.25, -0.2) is 0 Å². The Balaban J connectivity index is 0.00000484. The highest BCUT2D eigenvalue weighted by atomic mass is 127. The number of aliphatic hydroxyl groups is 1. The van der Waals surface area contributed by atoms with Crippen LogP contribution < -0.4 is 10.6 Å². The summed E-state index contributed by atoms with van der Waals surface area (Å²) in [5, 5.41) is 16.0. The average molecular weight is 439 g/mol. The summed E-state index contributed by atoms with van der Waals surface area (Å²) in [5.41, 5.74) is 0. The van der Waals surface area contributed by atoms with Crippen LogP contribution in [0.25, 0.3) is 0 Å². The third-order valence-corrected chi connectivity index (χ3v) is 4.78. The minimum absolute atomic E-state index is 0. The number of rotatable bonds is 9. The topological polar surface area (TPSA) is 56.7 Å². The molecule has 1 aliphatic carbocycles. The average Bonchev–Trinajstić information content (AvgIpc) is 2.52. The van der Waals surface area contributed by atoms with Gasteiger partial charge in [0.1, 0.15) is 0 Å². The summed E-state index contributed by atoms with van der Waals surface area (Å²) in [6.07, 6.45) is 8.59. The summed E-state index contributed by atoms with van der Waals surface area (Å²) >= 11 is 0. The van der Waals surface area contributed by atoms with Crippen molar-refractivity contribution >= 4 is 29.9 Å². The largest absolute Gasteiger partial charge is 0.396 e. The van der Waals surface area contributed by atoms with Gasteiger partial charge in [0.25, 0.3) is 0 Å². The summed E-state index contributed by atoms with van der Waals surface area (Å²) in [6.45, 7) is 9.68. The van der Waals surface area contributed by atoms with Crippen molar-refractivity contribution in [3.05, 3.63) is 0 Å². The molecular formula is C18H38IN3O. The third-order valence-electron chi connectivity index (χ3n) is 4.78. The SMILES string of the molecule is CCCC(CCO)CN=C(NCC)NCC1CCC(C)CC1.I. The van der Waals surface area contributed by atoms with E-state index in [1.807, 2.05) is 0 Å². The summed E-state index contributed by atoms with van der Waals surface area (Å²) in [4.78, 5) is 4.73. The molecule has 1 unspecified atom stereocenters. The smallest absolute Gasteiger partial charge is 0.191 e. The lowest BCUT2D eigenvalue weighted by atomic mass is 9.83. The van der Waals surface area contributed by atoms with Gasteiger partial charge in [-0.15, -0.1) is 24.0 Å². The fourth-order valence-corrected chi connectivity index (χ4v) is 3.25. The first-order chi connectivity index (χ1) is 10.7. The van der Waals surface area contributed by atoms with E-state index in [0.717, 1.165) is 56.7 Å². The van der Waals surface area contributed by atoms with Gasteiger partial charge in [0.05, 0.1) is 0 Å². The Bertz CT molecular complexity index is 299. The lowest BCUT2D eigenvalue weighted by molar-refractivity contribution is 0.253. The van der Waals surface area contributed by atoms with Crippen molar-refractivity contribution in [3.63, 3.8) is 0 Å². The van der Waals surface area contributed by atoms with Crippen LogP contribution in [0.1, 0.15) is 65.7 Å². The minimum Gasteiger partial charge on any atom is -0.396 e. The van der Waals surface area contributed by atoms with E-state index in [1.54, 1.807) is 0 Å². The molecule has 0 aromatic carbocycles. The fourth-order valence-electron chi connectivity index (χ4n) is 3.25. The molecule has 0 heterocycles. The second kappa shape index (κ2) is 14.3. The molecule has 1 atom stereocenters. The molecule has 0 bridgehead atoms. The molecule has 23 heavy (non-hydrogen) atoms. The molecule has 4 nitrogen and oxygen atoms in total. The number of aliphatic hydroxyl groups excluding tert-OH is 1. The van der Waals surface area contributed by atoms with Gasteiger partial charge in [-0.1, -0.05) is 33.1 Å². The van der Waals surface area contributed by atoms with Crippen molar-refractivity contribution in [3.8, 4) is 0 Å². The van der Waals surface area contributed by atoms with Crippen molar-refractivity contribution in [2.24, 2.45) is 22.7 Å². The Kier molecular flexibility index (Phi) is 14.3. The van der Waals surface area contributed by atoms with Gasteiger partial charge in [-0.2, -0.15) is 0 Å². The van der Waals surface area contributed by atoms with Crippen LogP contribution in [-0.2, 0) is 0 Å². The quantitative estimate of drug-likeness (QED) is 0.291. The maximum atomic E-state index is 9.15. The van der Waals surface area contributed by atoms with Gasteiger partial charge in [-0.05, 0) is 50.4 Å². The van der Waals surface area contributed by atoms with Crippen molar-refractivity contribution < 1.29 is 5.11 Å². The van der Waals surface area contributed by atoms with Crippen LogP contribution in [0.5, 0.6) is 0 Å². The monoisotopic (exact) mass is 439 g/mol. The van der Waals surface area contributed by atoms with Gasteiger partial charge in [0, 0.05) is 26.2 Å². The van der Waals surface area contributed by atoms with E-state index in [0.29, 0.717) is 5.92 Å². The van der Waals surface area contributed by atoms with Crippen LogP contribution in [0.4, 0.5) is 0 Å². The van der Waals surface area contributed by atoms with Crippen LogP contribution in [0, 0.1) is 17.8 Å². The Morgan fingerprint density at radius 2 is 1.83 bits per heavy atom. The fraction of sp³-hybridized carbons (Fsp3) is 0.944. The van der Waals surface area contributed by atoms with Gasteiger partial charge < -0.3 is 15.7 Å². The number of hydrogen-bond donors (Lipinski definition) is 3. The zero-order valence-corrected chi connectivity index (χ0v) is 17.6. The molecule has 0 aromatic rings. The molecule has 0 aromatic heterocycles. The van der Waals surface area contributed by atoms with E-state index in [4.69, 9.17) is 10.1 Å². The number of nitrogens with one attached hydrogen (secondary N) is 2. The first-order valence-corrected chi connectivity index (χ1v) is 9.32. The summed E-state index contributed by atoms with van der Waals surface area (Å²) in [7, 11) is 0. The zero-order valence-electron chi connectivity index (χ0n) is 15.3. The molecule has 0 radical (unpaired) electrons. The summed E-state index contributed by atoms with van der Waals surface area (Å²) in [6, 6.07) is 0. The number of aliphatic imine (C=N–C) groups is 1. The maximum Gasteiger partial charge on any atom is 0.191 e. The molecule has 5 heteroatoms. The van der Waals surface area contributed by atoms with E-state index in [9.17, 15) is 0 Å². The molecule has 0 amide bonds. The molecule has 3 N–H and O–H groups in total. The molecule has 1 saturated carbocycles. The lowest BCUT2D eigenvalue weighted by Crippen LogP contribution is -2.40. The molecule has 0 spiro atoms. The third kappa shape index (κ3) is 10.4. The molecule has 1 fully saturated rings. The van der Waals surface area contributed by atoms with Crippen LogP contribution >= 0.6 is 24.0 Å². The first kappa shape index (κ1) is 23.0. The van der Waals surface area contributed by atoms with E-state index < -0.39 is 0 Å². The van der Waals surface area contributed by atoms with Gasteiger partial charge >= 0.3 is 0 Å². The van der Waals surface area contributed by atoms with Crippen LogP contribution in [0.3, 0.4) is 0 Å². The number of guanidine groups is 1. The van der Waals surface area contributed by atoms with Gasteiger partial charge in [0.2, 0.25) is 0 Å². The Hall–Kier alpha value is -0.0400. The molecule has 1 aliphatic rings. The first-order valence-electron chi connectivity index (χ1n) is 9.32. The second-order valence-corrected chi connectivity index (χ2v) is 6.89. The molecule has 1 rings (SSSR count). The molecule has 0 aliphatic heterocycles. The predicted octanol–water partition coefficient (Wildman–Crippen LogP) is 3.78. The Labute approximate surface area is 160 Å². The van der Waals surface area contributed by atoms with E-state index in [2.05, 4.69) is 31.4 Å². The molecule has 0 saturated heterocycles. The highest BCUT2D eigenvalue weighted by Gasteiger charge is 2.18. The zero-order chi connectivity index (χ0) is 16.2. The Morgan fingerprint density at radius 1 is 1.13 bits per heavy atom. The maximum absolute atomic E-state index is 9.15. The normalized spacial score (nSPS) is 23.0. The van der Waals surface area contributed by atoms with Crippen LogP contribution in [-0.4, -0.2) is 37.3 Å². The van der Waals surface area contributed by atoms with E-state index in [-0.39, 0.29) is 30.6 Å². The number of halogens is 1. The van der Waals surface area contributed by atoms with Crippen molar-refractivity contribution in [2.75, 3.05) is 26.2 Å². The van der Waals surface area contributed by atoms with Crippen molar-refractivity contribution in [1.29, 1.82) is 0 Å². The number of hydrogen-bond acceptors (Lipinski definition) is 2. The molecule has 138 valence electrons. The van der Waals surface area contributed by atoms with E-state index in [1.165, 1.54) is 25.7 Å². The Morgan fingerprint density at radius 3 is 2.39 bits per heavy atom. The lowest BCUT2D eigenvalue weighted by Gasteiger charge is -2.27. The summed E-state index contributed by atoms with van der Waals surface area (Å²) < 4.78 is 0. The summed E-state index contributed by atoms with van der Waals surface area (Å²) in [5.74, 6) is 3.15. The van der Waals surface area contributed by atoms with Gasteiger partial charge in [-0.3, -0.25) is 4.99 Å². The number of nitrogens with zero attached hydrogens (tertiary/aromatic N) is 1. The highest BCUT2D eigenvalue weighted by molar-refractivity contribution is 14.0. The van der Waals surface area contributed by atoms with Gasteiger partial charge in [0.15, 0.2) is 5.96 Å². The highest BCUT2D eigenvalue weighted by Crippen LogP contribution is 2.27.